The Bertz CT molecular complexity index is 767. The molecule has 1 aliphatic rings. The van der Waals surface area contributed by atoms with E-state index in [9.17, 15) is 10.1 Å². The monoisotopic (exact) mass is 378 g/mol. The molecule has 0 fully saturated rings. The van der Waals surface area contributed by atoms with E-state index >= 15 is 0 Å². The minimum absolute atomic E-state index is 0.161. The molecule has 0 spiro atoms. The molecule has 22 heavy (non-hydrogen) atoms. The standard InChI is InChI=1S/C15H15BrN4OS/c1-8-12(16)7-20(19-8)9(2)14(21)18-15-11(6-17)10-4-3-5-13(10)22-15/h7,9H,3-5H2,1-2H3,(H,18,21)/t9-/m0/s1. The maximum absolute atomic E-state index is 12.4. The zero-order valence-electron chi connectivity index (χ0n) is 12.3. The molecule has 1 N–H and O–H groups in total. The molecule has 114 valence electrons. The number of amides is 1. The van der Waals surface area contributed by atoms with Crippen LogP contribution in [0.2, 0.25) is 0 Å². The lowest BCUT2D eigenvalue weighted by atomic mass is 10.1. The van der Waals surface area contributed by atoms with E-state index in [4.69, 9.17) is 0 Å². The van der Waals surface area contributed by atoms with Crippen LogP contribution in [0.3, 0.4) is 0 Å². The van der Waals surface area contributed by atoms with Gasteiger partial charge in [-0.2, -0.15) is 10.4 Å². The Hall–Kier alpha value is -1.65. The summed E-state index contributed by atoms with van der Waals surface area (Å²) in [4.78, 5) is 13.7. The topological polar surface area (TPSA) is 70.7 Å². The minimum atomic E-state index is -0.437. The predicted octanol–water partition coefficient (Wildman–Crippen LogP) is 3.58. The smallest absolute Gasteiger partial charge is 0.249 e. The highest BCUT2D eigenvalue weighted by atomic mass is 79.9. The van der Waals surface area contributed by atoms with Gasteiger partial charge in [-0.3, -0.25) is 9.48 Å². The van der Waals surface area contributed by atoms with Crippen molar-refractivity contribution in [3.63, 3.8) is 0 Å². The third-order valence-electron chi connectivity index (χ3n) is 3.90. The highest BCUT2D eigenvalue weighted by molar-refractivity contribution is 9.10. The molecule has 3 rings (SSSR count). The minimum Gasteiger partial charge on any atom is -0.315 e. The fourth-order valence-electron chi connectivity index (χ4n) is 2.60. The zero-order chi connectivity index (χ0) is 15.9. The number of nitriles is 1. The summed E-state index contributed by atoms with van der Waals surface area (Å²) in [5.74, 6) is -0.161. The van der Waals surface area contributed by atoms with Gasteiger partial charge in [0, 0.05) is 11.1 Å². The number of carbonyl (C=O) groups excluding carboxylic acids is 1. The van der Waals surface area contributed by atoms with Gasteiger partial charge >= 0.3 is 0 Å². The lowest BCUT2D eigenvalue weighted by Crippen LogP contribution is -2.24. The lowest BCUT2D eigenvalue weighted by molar-refractivity contribution is -0.119. The van der Waals surface area contributed by atoms with E-state index in [1.807, 2.05) is 6.92 Å². The Kier molecular flexibility index (Phi) is 4.06. The van der Waals surface area contributed by atoms with E-state index in [1.54, 1.807) is 17.8 Å². The van der Waals surface area contributed by atoms with Crippen LogP contribution < -0.4 is 5.32 Å². The van der Waals surface area contributed by atoms with Crippen molar-refractivity contribution in [3.05, 3.63) is 32.4 Å². The summed E-state index contributed by atoms with van der Waals surface area (Å²) in [6.07, 6.45) is 4.83. The Balaban J connectivity index is 1.81. The number of fused-ring (bicyclic) bond motifs is 1. The van der Waals surface area contributed by atoms with Gasteiger partial charge in [0.25, 0.3) is 0 Å². The number of halogens is 1. The Morgan fingerprint density at radius 2 is 2.36 bits per heavy atom. The van der Waals surface area contributed by atoms with Crippen LogP contribution in [0.4, 0.5) is 5.00 Å². The average molecular weight is 379 g/mol. The summed E-state index contributed by atoms with van der Waals surface area (Å²) in [7, 11) is 0. The molecular weight excluding hydrogens is 364 g/mol. The second kappa shape index (κ2) is 5.86. The van der Waals surface area contributed by atoms with Crippen molar-refractivity contribution in [3.8, 4) is 6.07 Å². The molecule has 2 aromatic heterocycles. The predicted molar refractivity (Wildman–Crippen MR) is 89.1 cm³/mol. The third-order valence-corrected chi connectivity index (χ3v) is 5.89. The summed E-state index contributed by atoms with van der Waals surface area (Å²) in [6, 6.07) is 1.80. The molecule has 0 bridgehead atoms. The van der Waals surface area contributed by atoms with Gasteiger partial charge in [-0.15, -0.1) is 11.3 Å². The third kappa shape index (κ3) is 2.57. The first-order chi connectivity index (χ1) is 10.5. The van der Waals surface area contributed by atoms with E-state index < -0.39 is 6.04 Å². The van der Waals surface area contributed by atoms with Gasteiger partial charge in [-0.05, 0) is 54.6 Å². The van der Waals surface area contributed by atoms with E-state index in [0.717, 1.165) is 35.0 Å². The average Bonchev–Trinajstić information content (AvgIpc) is 3.13. The van der Waals surface area contributed by atoms with Crippen LogP contribution in [0.1, 0.15) is 41.1 Å². The van der Waals surface area contributed by atoms with Gasteiger partial charge in [-0.1, -0.05) is 0 Å². The number of anilines is 1. The summed E-state index contributed by atoms with van der Waals surface area (Å²) >= 11 is 4.93. The number of aromatic nitrogens is 2. The van der Waals surface area contributed by atoms with Crippen molar-refractivity contribution >= 4 is 38.2 Å². The summed E-state index contributed by atoms with van der Waals surface area (Å²) < 4.78 is 2.50. The van der Waals surface area contributed by atoms with Crippen molar-refractivity contribution in [2.24, 2.45) is 0 Å². The molecule has 0 aromatic carbocycles. The quantitative estimate of drug-likeness (QED) is 0.886. The molecule has 0 saturated heterocycles. The molecule has 2 heterocycles. The van der Waals surface area contributed by atoms with E-state index in [1.165, 1.54) is 16.2 Å². The van der Waals surface area contributed by atoms with E-state index in [0.29, 0.717) is 10.6 Å². The van der Waals surface area contributed by atoms with E-state index in [2.05, 4.69) is 32.4 Å². The number of nitrogens with one attached hydrogen (secondary N) is 1. The van der Waals surface area contributed by atoms with Crippen molar-refractivity contribution in [1.82, 2.24) is 9.78 Å². The Morgan fingerprint density at radius 1 is 1.59 bits per heavy atom. The van der Waals surface area contributed by atoms with Gasteiger partial charge in [0.15, 0.2) is 0 Å². The molecule has 0 saturated carbocycles. The molecule has 0 radical (unpaired) electrons. The van der Waals surface area contributed by atoms with Gasteiger partial charge in [0.05, 0.1) is 15.7 Å². The van der Waals surface area contributed by atoms with Crippen LogP contribution in [-0.2, 0) is 17.6 Å². The van der Waals surface area contributed by atoms with Crippen LogP contribution in [0.25, 0.3) is 0 Å². The normalized spacial score (nSPS) is 14.5. The van der Waals surface area contributed by atoms with Crippen LogP contribution in [0.15, 0.2) is 10.7 Å². The summed E-state index contributed by atoms with van der Waals surface area (Å²) in [5.41, 5.74) is 2.59. The number of carbonyl (C=O) groups is 1. The van der Waals surface area contributed by atoms with E-state index in [-0.39, 0.29) is 5.91 Å². The first kappa shape index (κ1) is 15.3. The molecule has 1 amide bonds. The second-order valence-corrected chi connectivity index (χ2v) is 7.34. The number of aryl methyl sites for hydroxylation is 2. The summed E-state index contributed by atoms with van der Waals surface area (Å²) in [6.45, 7) is 3.67. The van der Waals surface area contributed by atoms with Crippen molar-refractivity contribution < 1.29 is 4.79 Å². The lowest BCUT2D eigenvalue weighted by Gasteiger charge is -2.12. The fraction of sp³-hybridized carbons (Fsp3) is 0.400. The van der Waals surface area contributed by atoms with Gasteiger partial charge in [-0.25, -0.2) is 0 Å². The number of thiophene rings is 1. The molecular formula is C15H15BrN4OS. The van der Waals surface area contributed by atoms with Gasteiger partial charge < -0.3 is 5.32 Å². The highest BCUT2D eigenvalue weighted by Crippen LogP contribution is 2.38. The fourth-order valence-corrected chi connectivity index (χ4v) is 4.14. The van der Waals surface area contributed by atoms with Crippen LogP contribution in [-0.4, -0.2) is 15.7 Å². The molecule has 7 heteroatoms. The summed E-state index contributed by atoms with van der Waals surface area (Å²) in [5, 5.41) is 17.2. The largest absolute Gasteiger partial charge is 0.315 e. The van der Waals surface area contributed by atoms with Crippen molar-refractivity contribution in [1.29, 1.82) is 5.26 Å². The van der Waals surface area contributed by atoms with Gasteiger partial charge in [0.1, 0.15) is 17.1 Å². The first-order valence-electron chi connectivity index (χ1n) is 7.08. The van der Waals surface area contributed by atoms with Crippen LogP contribution in [0.5, 0.6) is 0 Å². The molecule has 0 aliphatic heterocycles. The molecule has 2 aromatic rings. The Labute approximate surface area is 141 Å². The second-order valence-electron chi connectivity index (χ2n) is 5.38. The zero-order valence-corrected chi connectivity index (χ0v) is 14.7. The molecule has 0 unspecified atom stereocenters. The number of hydrogen-bond donors (Lipinski definition) is 1. The van der Waals surface area contributed by atoms with Gasteiger partial charge in [0.2, 0.25) is 5.91 Å². The molecule has 1 aliphatic carbocycles. The SMILES string of the molecule is Cc1nn([C@@H](C)C(=O)Nc2sc3c(c2C#N)CCC3)cc1Br. The van der Waals surface area contributed by atoms with Crippen LogP contribution >= 0.6 is 27.3 Å². The number of rotatable bonds is 3. The maximum atomic E-state index is 12.4. The molecule has 1 atom stereocenters. The number of hydrogen-bond acceptors (Lipinski definition) is 4. The Morgan fingerprint density at radius 3 is 3.00 bits per heavy atom. The maximum Gasteiger partial charge on any atom is 0.249 e. The molecule has 5 nitrogen and oxygen atoms in total. The number of nitrogens with zero attached hydrogens (tertiary/aromatic N) is 3. The first-order valence-corrected chi connectivity index (χ1v) is 8.69. The highest BCUT2D eigenvalue weighted by Gasteiger charge is 2.25. The van der Waals surface area contributed by atoms with Crippen LogP contribution in [0, 0.1) is 18.3 Å². The van der Waals surface area contributed by atoms with Crippen molar-refractivity contribution in [2.75, 3.05) is 5.32 Å². The van der Waals surface area contributed by atoms with Crippen molar-refractivity contribution in [2.45, 2.75) is 39.2 Å².